The molecule has 0 bridgehead atoms. The molecule has 4 aliphatic heterocycles. The van der Waals surface area contributed by atoms with Crippen LogP contribution in [0, 0.1) is 27.7 Å². The lowest BCUT2D eigenvalue weighted by molar-refractivity contribution is 0.0548. The summed E-state index contributed by atoms with van der Waals surface area (Å²) in [5.41, 5.74) is 15.1. The van der Waals surface area contributed by atoms with Crippen LogP contribution < -0.4 is 9.47 Å². The van der Waals surface area contributed by atoms with Gasteiger partial charge in [0, 0.05) is 87.7 Å². The van der Waals surface area contributed by atoms with E-state index in [0.29, 0.717) is 22.6 Å². The third-order valence-electron chi connectivity index (χ3n) is 18.0. The maximum atomic E-state index is 11.9. The highest BCUT2D eigenvalue weighted by molar-refractivity contribution is 5.60. The van der Waals surface area contributed by atoms with E-state index in [-0.39, 0.29) is 37.6 Å². The number of aliphatic hydroxyl groups is 4. The second-order valence-corrected chi connectivity index (χ2v) is 24.8. The van der Waals surface area contributed by atoms with Gasteiger partial charge in [0.25, 0.3) is 0 Å². The second kappa shape index (κ2) is 32.6. The maximum absolute atomic E-state index is 11.9. The Hall–Kier alpha value is -4.24. The molecule has 12 nitrogen and oxygen atoms in total. The van der Waals surface area contributed by atoms with E-state index < -0.39 is 0 Å². The van der Waals surface area contributed by atoms with Gasteiger partial charge in [-0.2, -0.15) is 0 Å². The number of ether oxygens (including phenoxy) is 2. The van der Waals surface area contributed by atoms with E-state index in [9.17, 15) is 20.4 Å². The molecule has 6 rings (SSSR count). The number of fused-ring (bicyclic) bond motifs is 2. The molecule has 2 aromatic carbocycles. The molecule has 12 heteroatoms. The van der Waals surface area contributed by atoms with Crippen molar-refractivity contribution in [1.82, 2.24) is 19.6 Å². The lowest BCUT2D eigenvalue weighted by Gasteiger charge is -2.40. The molecule has 2 aromatic rings. The Morgan fingerprint density at radius 3 is 1.23 bits per heavy atom. The molecule has 4 heterocycles. The van der Waals surface area contributed by atoms with E-state index in [4.69, 9.17) is 19.7 Å². The Labute approximate surface area is 484 Å². The highest BCUT2D eigenvalue weighted by atomic mass is 16.5. The summed E-state index contributed by atoms with van der Waals surface area (Å²) in [6, 6.07) is 0. The minimum absolute atomic E-state index is 0.0671. The van der Waals surface area contributed by atoms with Crippen LogP contribution in [-0.4, -0.2) is 154 Å². The predicted molar refractivity (Wildman–Crippen MR) is 330 cm³/mol. The van der Waals surface area contributed by atoms with Gasteiger partial charge in [0.05, 0.1) is 26.4 Å². The predicted octanol–water partition coefficient (Wildman–Crippen LogP) is 12.0. The van der Waals surface area contributed by atoms with Crippen LogP contribution in [0.1, 0.15) is 176 Å². The second-order valence-electron chi connectivity index (χ2n) is 24.8. The molecule has 2 fully saturated rings. The fraction of sp³-hybridized carbons (Fsp3) is 0.647. The standard InChI is InChI=1S/C39H64N4O4.C29H44O4/c1-30(12-8-14-33(28-44)29-45)10-7-11-31(2)13-9-16-39(4)17-15-34-36(27-43-24-20-41(6)21-25-43)37(46)35(32(3)38(34)47-39)26-42-22-18-40(5)19-23-42;1-20(12-8-14-25(18-30)19-31)10-7-11-21(2)13-9-16-29(6)17-15-26-24(5)27(32)22(3)23(4)28(26)33-29/h10,13-14,44-46H,7-9,11-12,15-29H2,1-6H3;10,13-14,30-32H,7-9,11-12,15-19H2,1-6H3/b30-10+,31-13+;20-10+,21-13+/t39-;29-/m11/s1. The van der Waals surface area contributed by atoms with E-state index in [1.165, 1.54) is 33.4 Å². The van der Waals surface area contributed by atoms with Gasteiger partial charge in [-0.3, -0.25) is 9.80 Å². The molecule has 4 aliphatic rings. The van der Waals surface area contributed by atoms with Crippen LogP contribution in [0.3, 0.4) is 0 Å². The first-order chi connectivity index (χ1) is 38.1. The van der Waals surface area contributed by atoms with E-state index in [1.807, 2.05) is 32.9 Å². The first kappa shape index (κ1) is 66.6. The molecule has 0 unspecified atom stereocenters. The van der Waals surface area contributed by atoms with Crippen LogP contribution >= 0.6 is 0 Å². The third-order valence-corrected chi connectivity index (χ3v) is 18.0. The van der Waals surface area contributed by atoms with Gasteiger partial charge in [0.2, 0.25) is 0 Å². The SMILES string of the molecule is C/C(=C\CC/C(C)=C/CC[C@]1(C)CCc2c(C)c(O)c(C)c(C)c2O1)CCC=C(CO)CO.C/C(=C\CC/C(C)=C/CC[C@]1(C)CCc2c(CN3CCN(C)CC3)c(O)c(CN3CCN(C)CC3)c(C)c2O1)CCC=C(CO)CO. The average Bonchev–Trinajstić information content (AvgIpc) is 3.55. The van der Waals surface area contributed by atoms with E-state index in [2.05, 4.69) is 106 Å². The number of phenolic OH excluding ortho intramolecular Hbond substituents is 2. The van der Waals surface area contributed by atoms with Gasteiger partial charge in [0.1, 0.15) is 34.2 Å². The highest BCUT2D eigenvalue weighted by Gasteiger charge is 2.37. The van der Waals surface area contributed by atoms with Crippen molar-refractivity contribution in [2.24, 2.45) is 0 Å². The zero-order valence-corrected chi connectivity index (χ0v) is 52.0. The van der Waals surface area contributed by atoms with Gasteiger partial charge >= 0.3 is 0 Å². The Kier molecular flexibility index (Phi) is 27.1. The molecule has 0 spiro atoms. The van der Waals surface area contributed by atoms with Crippen molar-refractivity contribution >= 4 is 0 Å². The maximum Gasteiger partial charge on any atom is 0.127 e. The van der Waals surface area contributed by atoms with Crippen molar-refractivity contribution < 1.29 is 40.1 Å². The van der Waals surface area contributed by atoms with Crippen molar-refractivity contribution in [3.05, 3.63) is 114 Å². The molecule has 80 heavy (non-hydrogen) atoms. The number of benzene rings is 2. The lowest BCUT2D eigenvalue weighted by atomic mass is 9.84. The summed E-state index contributed by atoms with van der Waals surface area (Å²) in [5.74, 6) is 2.94. The molecule has 2 atom stereocenters. The minimum atomic E-state index is -0.228. The molecule has 2 saturated heterocycles. The van der Waals surface area contributed by atoms with Crippen LogP contribution in [0.4, 0.5) is 0 Å². The smallest absolute Gasteiger partial charge is 0.127 e. The first-order valence-corrected chi connectivity index (χ1v) is 30.4. The van der Waals surface area contributed by atoms with E-state index >= 15 is 0 Å². The Balaban J connectivity index is 0.000000313. The first-order valence-electron chi connectivity index (χ1n) is 30.4. The van der Waals surface area contributed by atoms with Gasteiger partial charge in [-0.15, -0.1) is 0 Å². The van der Waals surface area contributed by atoms with Crippen molar-refractivity contribution in [2.75, 3.05) is 92.9 Å². The Morgan fingerprint density at radius 1 is 0.450 bits per heavy atom. The van der Waals surface area contributed by atoms with E-state index in [0.717, 1.165) is 213 Å². The zero-order valence-electron chi connectivity index (χ0n) is 52.0. The number of nitrogens with zero attached hydrogens (tertiary/aromatic N) is 4. The van der Waals surface area contributed by atoms with E-state index in [1.54, 1.807) is 0 Å². The number of allylic oxidation sites excluding steroid dienone is 10. The topological polar surface area (TPSA) is 153 Å². The summed E-state index contributed by atoms with van der Waals surface area (Å²) in [6.07, 6.45) is 28.8. The van der Waals surface area contributed by atoms with Gasteiger partial charge < -0.3 is 49.9 Å². The summed E-state index contributed by atoms with van der Waals surface area (Å²) in [4.78, 5) is 9.76. The highest BCUT2D eigenvalue weighted by Crippen LogP contribution is 2.47. The molecular weight excluding hydrogens is 1000 g/mol. The minimum Gasteiger partial charge on any atom is -0.507 e. The largest absolute Gasteiger partial charge is 0.507 e. The lowest BCUT2D eigenvalue weighted by Crippen LogP contribution is -2.44. The van der Waals surface area contributed by atoms with Gasteiger partial charge in [0.15, 0.2) is 0 Å². The van der Waals surface area contributed by atoms with Crippen molar-refractivity contribution in [1.29, 1.82) is 0 Å². The van der Waals surface area contributed by atoms with Gasteiger partial charge in [-0.1, -0.05) is 58.7 Å². The quantitative estimate of drug-likeness (QED) is 0.0497. The normalized spacial score (nSPS) is 20.8. The fourth-order valence-corrected chi connectivity index (χ4v) is 11.7. The summed E-state index contributed by atoms with van der Waals surface area (Å²) in [6.45, 7) is 31.1. The van der Waals surface area contributed by atoms with Crippen LogP contribution in [0.15, 0.2) is 69.9 Å². The average molecular weight is 1110 g/mol. The molecular formula is C68H108N4O8. The third kappa shape index (κ3) is 20.0. The zero-order chi connectivity index (χ0) is 58.6. The number of hydrogen-bond acceptors (Lipinski definition) is 12. The molecule has 0 radical (unpaired) electrons. The number of piperazine rings is 2. The molecule has 0 aliphatic carbocycles. The number of aliphatic hydroxyl groups excluding tert-OH is 4. The van der Waals surface area contributed by atoms with Gasteiger partial charge in [-0.25, -0.2) is 0 Å². The Morgan fingerprint density at radius 2 is 0.812 bits per heavy atom. The number of rotatable bonds is 26. The molecule has 6 N–H and O–H groups in total. The number of aromatic hydroxyl groups is 2. The number of likely N-dealkylation sites (N-methyl/N-ethyl adjacent to an activating group) is 2. The summed E-state index contributed by atoms with van der Waals surface area (Å²) >= 11 is 0. The van der Waals surface area contributed by atoms with Crippen molar-refractivity contribution in [3.8, 4) is 23.0 Å². The van der Waals surface area contributed by atoms with Crippen LogP contribution in [0.25, 0.3) is 0 Å². The summed E-state index contributed by atoms with van der Waals surface area (Å²) < 4.78 is 13.6. The summed E-state index contributed by atoms with van der Waals surface area (Å²) in [7, 11) is 4.38. The molecule has 0 saturated carbocycles. The number of phenols is 2. The molecule has 0 aromatic heterocycles. The Bertz CT molecular complexity index is 2500. The van der Waals surface area contributed by atoms with Crippen molar-refractivity contribution in [3.63, 3.8) is 0 Å². The fourth-order valence-electron chi connectivity index (χ4n) is 11.7. The molecule has 0 amide bonds. The molecule has 448 valence electrons. The van der Waals surface area contributed by atoms with Gasteiger partial charge in [-0.05, 0) is 219 Å². The monoisotopic (exact) mass is 1110 g/mol. The van der Waals surface area contributed by atoms with Crippen LogP contribution in [0.2, 0.25) is 0 Å². The number of hydrogen-bond donors (Lipinski definition) is 6. The summed E-state index contributed by atoms with van der Waals surface area (Å²) in [5, 5.41) is 58.8. The van der Waals surface area contributed by atoms with Crippen LogP contribution in [0.5, 0.6) is 23.0 Å². The van der Waals surface area contributed by atoms with Crippen LogP contribution in [-0.2, 0) is 25.9 Å². The van der Waals surface area contributed by atoms with Crippen molar-refractivity contribution in [2.45, 2.75) is 196 Å².